The van der Waals surface area contributed by atoms with Crippen LogP contribution < -0.4 is 10.0 Å². The number of hydrogen-bond donors (Lipinski definition) is 2. The van der Waals surface area contributed by atoms with Crippen molar-refractivity contribution in [3.63, 3.8) is 0 Å². The normalized spacial score (nSPS) is 11.2. The van der Waals surface area contributed by atoms with Gasteiger partial charge in [0.05, 0.1) is 7.11 Å². The minimum absolute atomic E-state index is 0.00273. The Morgan fingerprint density at radius 1 is 1.19 bits per heavy atom. The predicted molar refractivity (Wildman–Crippen MR) is 94.8 cm³/mol. The summed E-state index contributed by atoms with van der Waals surface area (Å²) in [5.41, 5.74) is 1.08. The number of aryl methyl sites for hydroxylation is 1. The Bertz CT molecular complexity index is 875. The van der Waals surface area contributed by atoms with Crippen LogP contribution in [0.2, 0.25) is 0 Å². The number of nitrogens with one attached hydrogen (secondary N) is 2. The molecule has 140 valence electrons. The van der Waals surface area contributed by atoms with Gasteiger partial charge in [-0.1, -0.05) is 30.3 Å². The number of aromatic nitrogens is 1. The Kier molecular flexibility index (Phi) is 6.53. The first-order valence-electron chi connectivity index (χ1n) is 7.88. The summed E-state index contributed by atoms with van der Waals surface area (Å²) >= 11 is 0. The minimum atomic E-state index is -3.83. The summed E-state index contributed by atoms with van der Waals surface area (Å²) in [4.78, 5) is 23.3. The highest BCUT2D eigenvalue weighted by atomic mass is 32.2. The number of ether oxygens (including phenoxy) is 1. The van der Waals surface area contributed by atoms with Crippen LogP contribution in [0.3, 0.4) is 0 Å². The van der Waals surface area contributed by atoms with Crippen molar-refractivity contribution in [1.29, 1.82) is 0 Å². The monoisotopic (exact) mass is 379 g/mol. The van der Waals surface area contributed by atoms with Crippen LogP contribution in [0.25, 0.3) is 0 Å². The van der Waals surface area contributed by atoms with Crippen LogP contribution in [0, 0.1) is 0 Å². The van der Waals surface area contributed by atoms with Gasteiger partial charge in [0.2, 0.25) is 15.9 Å². The molecule has 0 atom stereocenters. The van der Waals surface area contributed by atoms with E-state index in [4.69, 9.17) is 0 Å². The molecule has 0 aliphatic rings. The van der Waals surface area contributed by atoms with E-state index in [0.29, 0.717) is 6.54 Å². The second-order valence-electron chi connectivity index (χ2n) is 5.57. The SMILES string of the molecule is COC(=O)c1cc(S(=O)(=O)NCCC(=O)NCc2ccccc2)cn1C. The third-order valence-corrected chi connectivity index (χ3v) is 5.09. The molecule has 2 rings (SSSR count). The van der Waals surface area contributed by atoms with Crippen molar-refractivity contribution in [1.82, 2.24) is 14.6 Å². The molecule has 1 amide bonds. The highest BCUT2D eigenvalue weighted by molar-refractivity contribution is 7.89. The second kappa shape index (κ2) is 8.63. The van der Waals surface area contributed by atoms with Crippen molar-refractivity contribution in [2.24, 2.45) is 7.05 Å². The summed E-state index contributed by atoms with van der Waals surface area (Å²) in [5.74, 6) is -0.894. The predicted octanol–water partition coefficient (Wildman–Crippen LogP) is 0.796. The van der Waals surface area contributed by atoms with E-state index >= 15 is 0 Å². The standard InChI is InChI=1S/C17H21N3O5S/c1-20-12-14(10-15(20)17(22)25-2)26(23,24)19-9-8-16(21)18-11-13-6-4-3-5-7-13/h3-7,10,12,19H,8-9,11H2,1-2H3,(H,18,21). The molecule has 0 unspecified atom stereocenters. The Balaban J connectivity index is 1.86. The van der Waals surface area contributed by atoms with Crippen molar-refractivity contribution < 1.29 is 22.7 Å². The lowest BCUT2D eigenvalue weighted by Crippen LogP contribution is -2.30. The van der Waals surface area contributed by atoms with Gasteiger partial charge in [-0.25, -0.2) is 17.9 Å². The number of esters is 1. The van der Waals surface area contributed by atoms with Gasteiger partial charge in [-0.15, -0.1) is 0 Å². The highest BCUT2D eigenvalue weighted by Crippen LogP contribution is 2.14. The van der Waals surface area contributed by atoms with E-state index in [0.717, 1.165) is 5.56 Å². The molecule has 1 heterocycles. The second-order valence-corrected chi connectivity index (χ2v) is 7.34. The summed E-state index contributed by atoms with van der Waals surface area (Å²) in [6, 6.07) is 10.6. The number of amides is 1. The third kappa shape index (κ3) is 5.17. The molecule has 0 fully saturated rings. The van der Waals surface area contributed by atoms with Crippen LogP contribution in [-0.2, 0) is 33.1 Å². The lowest BCUT2D eigenvalue weighted by atomic mass is 10.2. The maximum absolute atomic E-state index is 12.3. The molecule has 0 aliphatic carbocycles. The fourth-order valence-corrected chi connectivity index (χ4v) is 3.36. The van der Waals surface area contributed by atoms with Crippen LogP contribution in [0.1, 0.15) is 22.5 Å². The largest absolute Gasteiger partial charge is 0.464 e. The van der Waals surface area contributed by atoms with E-state index in [2.05, 4.69) is 14.8 Å². The van der Waals surface area contributed by atoms with E-state index in [1.54, 1.807) is 7.05 Å². The first-order valence-corrected chi connectivity index (χ1v) is 9.37. The summed E-state index contributed by atoms with van der Waals surface area (Å²) < 4.78 is 32.8. The summed E-state index contributed by atoms with van der Waals surface area (Å²) in [5, 5.41) is 2.72. The van der Waals surface area contributed by atoms with E-state index in [1.807, 2.05) is 30.3 Å². The molecule has 0 saturated heterocycles. The van der Waals surface area contributed by atoms with Crippen LogP contribution in [-0.4, -0.2) is 38.5 Å². The molecule has 1 aromatic carbocycles. The van der Waals surface area contributed by atoms with E-state index < -0.39 is 16.0 Å². The highest BCUT2D eigenvalue weighted by Gasteiger charge is 2.20. The van der Waals surface area contributed by atoms with Crippen molar-refractivity contribution in [2.45, 2.75) is 17.9 Å². The maximum atomic E-state index is 12.3. The number of methoxy groups -OCH3 is 1. The van der Waals surface area contributed by atoms with Gasteiger partial charge in [-0.3, -0.25) is 4.79 Å². The van der Waals surface area contributed by atoms with Gasteiger partial charge in [0.25, 0.3) is 0 Å². The fraction of sp³-hybridized carbons (Fsp3) is 0.294. The first-order chi connectivity index (χ1) is 12.3. The zero-order valence-electron chi connectivity index (χ0n) is 14.6. The Morgan fingerprint density at radius 3 is 2.54 bits per heavy atom. The quantitative estimate of drug-likeness (QED) is 0.660. The summed E-state index contributed by atoms with van der Waals surface area (Å²) in [7, 11) is -1.06. The molecule has 0 spiro atoms. The molecule has 0 saturated carbocycles. The van der Waals surface area contributed by atoms with Gasteiger partial charge in [0, 0.05) is 32.8 Å². The van der Waals surface area contributed by atoms with Crippen molar-refractivity contribution in [2.75, 3.05) is 13.7 Å². The van der Waals surface area contributed by atoms with E-state index in [-0.39, 0.29) is 29.5 Å². The van der Waals surface area contributed by atoms with E-state index in [9.17, 15) is 18.0 Å². The van der Waals surface area contributed by atoms with Crippen molar-refractivity contribution in [3.8, 4) is 0 Å². The van der Waals surface area contributed by atoms with Gasteiger partial charge in [-0.2, -0.15) is 0 Å². The first kappa shape index (κ1) is 19.7. The van der Waals surface area contributed by atoms with Gasteiger partial charge >= 0.3 is 5.97 Å². The molecule has 0 bridgehead atoms. The maximum Gasteiger partial charge on any atom is 0.354 e. The van der Waals surface area contributed by atoms with Gasteiger partial charge in [-0.05, 0) is 11.6 Å². The lowest BCUT2D eigenvalue weighted by molar-refractivity contribution is -0.121. The average molecular weight is 379 g/mol. The Hall–Kier alpha value is -2.65. The zero-order chi connectivity index (χ0) is 19.2. The molecular weight excluding hydrogens is 358 g/mol. The van der Waals surface area contributed by atoms with E-state index in [1.165, 1.54) is 23.9 Å². The Labute approximate surface area is 152 Å². The molecule has 8 nitrogen and oxygen atoms in total. The number of benzene rings is 1. The Morgan fingerprint density at radius 2 is 1.88 bits per heavy atom. The molecular formula is C17H21N3O5S. The van der Waals surface area contributed by atoms with Crippen molar-refractivity contribution >= 4 is 21.9 Å². The van der Waals surface area contributed by atoms with Crippen LogP contribution >= 0.6 is 0 Å². The minimum Gasteiger partial charge on any atom is -0.464 e. The van der Waals surface area contributed by atoms with Gasteiger partial charge in [0.15, 0.2) is 0 Å². The number of rotatable bonds is 8. The number of hydrogen-bond acceptors (Lipinski definition) is 5. The topological polar surface area (TPSA) is 106 Å². The van der Waals surface area contributed by atoms with Crippen LogP contribution in [0.5, 0.6) is 0 Å². The fourth-order valence-electron chi connectivity index (χ4n) is 2.26. The van der Waals surface area contributed by atoms with Crippen LogP contribution in [0.15, 0.2) is 47.5 Å². The van der Waals surface area contributed by atoms with Gasteiger partial charge < -0.3 is 14.6 Å². The average Bonchev–Trinajstić information content (AvgIpc) is 3.03. The number of carbonyl (C=O) groups excluding carboxylic acids is 2. The molecule has 2 N–H and O–H groups in total. The molecule has 9 heteroatoms. The molecule has 0 radical (unpaired) electrons. The smallest absolute Gasteiger partial charge is 0.354 e. The number of carbonyl (C=O) groups is 2. The summed E-state index contributed by atoms with van der Waals surface area (Å²) in [6.07, 6.45) is 1.31. The molecule has 0 aliphatic heterocycles. The number of nitrogens with zero attached hydrogens (tertiary/aromatic N) is 1. The third-order valence-electron chi connectivity index (χ3n) is 3.66. The van der Waals surface area contributed by atoms with Crippen LogP contribution in [0.4, 0.5) is 0 Å². The summed E-state index contributed by atoms with van der Waals surface area (Å²) in [6.45, 7) is 0.332. The zero-order valence-corrected chi connectivity index (χ0v) is 15.4. The lowest BCUT2D eigenvalue weighted by Gasteiger charge is -2.07. The molecule has 1 aromatic heterocycles. The number of sulfonamides is 1. The van der Waals surface area contributed by atoms with Gasteiger partial charge in [0.1, 0.15) is 10.6 Å². The van der Waals surface area contributed by atoms with Crippen molar-refractivity contribution in [3.05, 3.63) is 53.9 Å². The molecule has 26 heavy (non-hydrogen) atoms. The molecule has 2 aromatic rings.